The lowest BCUT2D eigenvalue weighted by Gasteiger charge is -2.29. The lowest BCUT2D eigenvalue weighted by Crippen LogP contribution is -2.36. The largest absolute Gasteiger partial charge is 0.445 e. The van der Waals surface area contributed by atoms with E-state index in [1.807, 2.05) is 36.4 Å². The van der Waals surface area contributed by atoms with E-state index in [2.05, 4.69) is 24.8 Å². The maximum atomic E-state index is 14.2. The van der Waals surface area contributed by atoms with Crippen LogP contribution in [0.1, 0.15) is 42.7 Å². The molecule has 0 aliphatic carbocycles. The number of ether oxygens (including phenoxy) is 1. The number of amides is 1. The van der Waals surface area contributed by atoms with Crippen molar-refractivity contribution in [1.82, 2.24) is 34.4 Å². The van der Waals surface area contributed by atoms with Gasteiger partial charge in [-0.15, -0.1) is 0 Å². The zero-order valence-electron chi connectivity index (χ0n) is 22.1. The number of nitrogens with one attached hydrogen (secondary N) is 1. The van der Waals surface area contributed by atoms with E-state index in [1.165, 1.54) is 6.33 Å². The Labute approximate surface area is 239 Å². The number of hydrogen-bond donors (Lipinski definition) is 1. The molecule has 2 aliphatic heterocycles. The molecule has 12 heteroatoms. The van der Waals surface area contributed by atoms with Crippen molar-refractivity contribution in [2.45, 2.75) is 38.0 Å². The molecule has 5 aromatic rings. The van der Waals surface area contributed by atoms with Gasteiger partial charge in [0.25, 0.3) is 5.56 Å². The van der Waals surface area contributed by atoms with Crippen LogP contribution in [0.3, 0.4) is 0 Å². The van der Waals surface area contributed by atoms with Crippen molar-refractivity contribution in [2.24, 2.45) is 0 Å². The number of rotatable bonds is 5. The molecule has 0 radical (unpaired) electrons. The van der Waals surface area contributed by atoms with Crippen LogP contribution in [0.2, 0.25) is 5.02 Å². The van der Waals surface area contributed by atoms with Crippen LogP contribution in [0.5, 0.6) is 0 Å². The number of benzene rings is 2. The van der Waals surface area contributed by atoms with Gasteiger partial charge in [-0.25, -0.2) is 24.7 Å². The van der Waals surface area contributed by atoms with Gasteiger partial charge in [0, 0.05) is 19.6 Å². The summed E-state index contributed by atoms with van der Waals surface area (Å²) in [5, 5.41) is 0.737. The smallest absolute Gasteiger partial charge is 0.410 e. The molecule has 1 amide bonds. The fraction of sp³-hybridized carbons (Fsp3) is 0.310. The first-order valence-corrected chi connectivity index (χ1v) is 14.0. The van der Waals surface area contributed by atoms with Crippen LogP contribution >= 0.6 is 11.6 Å². The van der Waals surface area contributed by atoms with Crippen LogP contribution in [-0.2, 0) is 11.3 Å². The van der Waals surface area contributed by atoms with Gasteiger partial charge < -0.3 is 19.5 Å². The van der Waals surface area contributed by atoms with E-state index in [-0.39, 0.29) is 24.2 Å². The minimum absolute atomic E-state index is 0.192. The molecule has 3 aromatic heterocycles. The Kier molecular flexibility index (Phi) is 6.50. The van der Waals surface area contributed by atoms with E-state index >= 15 is 0 Å². The first-order chi connectivity index (χ1) is 20.1. The second-order valence-electron chi connectivity index (χ2n) is 10.4. The fourth-order valence-electron chi connectivity index (χ4n) is 6.00. The highest BCUT2D eigenvalue weighted by atomic mass is 35.5. The quantitative estimate of drug-likeness (QED) is 0.324. The highest BCUT2D eigenvalue weighted by molar-refractivity contribution is 6.35. The Morgan fingerprint density at radius 2 is 1.93 bits per heavy atom. The molecule has 1 N–H and O–H groups in total. The minimum atomic E-state index is -0.400. The number of carbonyl (C=O) groups excluding carboxylic acids is 1. The molecule has 2 atom stereocenters. The molecule has 2 fully saturated rings. The summed E-state index contributed by atoms with van der Waals surface area (Å²) in [7, 11) is 0. The van der Waals surface area contributed by atoms with Crippen LogP contribution in [-0.4, -0.2) is 60.1 Å². The number of aromatic nitrogens is 6. The number of carbonyl (C=O) groups is 1. The molecule has 7 rings (SSSR count). The van der Waals surface area contributed by atoms with Crippen molar-refractivity contribution < 1.29 is 9.53 Å². The van der Waals surface area contributed by atoms with Crippen LogP contribution in [0, 0.1) is 0 Å². The lowest BCUT2D eigenvalue weighted by atomic mass is 10.1. The van der Waals surface area contributed by atoms with Crippen LogP contribution in [0.4, 0.5) is 10.6 Å². The van der Waals surface area contributed by atoms with Gasteiger partial charge >= 0.3 is 6.09 Å². The number of halogens is 1. The third-order valence-electron chi connectivity index (χ3n) is 7.92. The monoisotopic (exact) mass is 570 g/mol. The average Bonchev–Trinajstić information content (AvgIpc) is 3.77. The van der Waals surface area contributed by atoms with Crippen molar-refractivity contribution in [3.8, 4) is 0 Å². The summed E-state index contributed by atoms with van der Waals surface area (Å²) in [4.78, 5) is 52.3. The summed E-state index contributed by atoms with van der Waals surface area (Å²) in [5.41, 5.74) is 2.58. The Morgan fingerprint density at radius 3 is 2.80 bits per heavy atom. The molecule has 0 saturated carbocycles. The molecule has 0 unspecified atom stereocenters. The zero-order chi connectivity index (χ0) is 27.9. The van der Waals surface area contributed by atoms with Gasteiger partial charge in [0.15, 0.2) is 11.5 Å². The molecular weight excluding hydrogens is 544 g/mol. The molecule has 41 heavy (non-hydrogen) atoms. The Morgan fingerprint density at radius 1 is 1.05 bits per heavy atom. The minimum Gasteiger partial charge on any atom is -0.445 e. The fourth-order valence-corrected chi connectivity index (χ4v) is 6.25. The summed E-state index contributed by atoms with van der Waals surface area (Å²) in [5.74, 6) is 1.36. The third-order valence-corrected chi connectivity index (χ3v) is 8.24. The molecule has 208 valence electrons. The Bertz CT molecular complexity index is 1810. The predicted octanol–water partition coefficient (Wildman–Crippen LogP) is 4.64. The summed E-state index contributed by atoms with van der Waals surface area (Å²) in [6.45, 7) is 1.74. The highest BCUT2D eigenvalue weighted by Gasteiger charge is 2.37. The van der Waals surface area contributed by atoms with Gasteiger partial charge in [-0.1, -0.05) is 48.0 Å². The van der Waals surface area contributed by atoms with E-state index in [4.69, 9.17) is 21.3 Å². The Balaban J connectivity index is 1.25. The number of nitrogens with zero attached hydrogens (tertiary/aromatic N) is 7. The van der Waals surface area contributed by atoms with Gasteiger partial charge in [-0.3, -0.25) is 9.36 Å². The first-order valence-electron chi connectivity index (χ1n) is 13.7. The van der Waals surface area contributed by atoms with Gasteiger partial charge in [-0.2, -0.15) is 0 Å². The molecule has 5 heterocycles. The lowest BCUT2D eigenvalue weighted by molar-refractivity contribution is 0.103. The number of imidazole rings is 1. The standard InChI is InChI=1S/C29H27ClN8O3/c30-20-8-4-9-21-23(20)28(39)38(19-11-13-36(14-19)29(40)41-15-18-6-2-1-3-7-18)26(35-21)22-10-5-12-37(22)27-24-25(32-16-31-24)33-17-34-27/h1-4,6-9,16-17,19,22H,5,10-15H2,(H,31,32,33,34)/t19-,22-/m0/s1. The van der Waals surface area contributed by atoms with E-state index in [0.717, 1.165) is 36.3 Å². The number of anilines is 1. The molecule has 11 nitrogen and oxygen atoms in total. The summed E-state index contributed by atoms with van der Waals surface area (Å²) >= 11 is 6.53. The van der Waals surface area contributed by atoms with E-state index in [9.17, 15) is 9.59 Å². The topological polar surface area (TPSA) is 122 Å². The summed E-state index contributed by atoms with van der Waals surface area (Å²) in [6.07, 6.45) is 4.98. The van der Waals surface area contributed by atoms with Gasteiger partial charge in [0.2, 0.25) is 0 Å². The summed E-state index contributed by atoms with van der Waals surface area (Å²) < 4.78 is 7.34. The first kappa shape index (κ1) is 25.5. The average molecular weight is 571 g/mol. The zero-order valence-corrected chi connectivity index (χ0v) is 22.9. The number of H-pyrrole nitrogens is 1. The maximum absolute atomic E-state index is 14.2. The van der Waals surface area contributed by atoms with E-state index < -0.39 is 6.09 Å². The normalized spacial score (nSPS) is 19.0. The van der Waals surface area contributed by atoms with Crippen molar-refractivity contribution in [3.63, 3.8) is 0 Å². The molecule has 0 bridgehead atoms. The number of aromatic amines is 1. The molecule has 2 saturated heterocycles. The van der Waals surface area contributed by atoms with Crippen LogP contribution in [0.15, 0.2) is 66.0 Å². The Hall–Kier alpha value is -4.51. The SMILES string of the molecule is O=C(OCc1ccccc1)N1CC[C@H](n2c([C@@H]3CCCN3c3ncnc4nc[nH]c34)nc3cccc(Cl)c3c2=O)C1. The molecule has 2 aliphatic rings. The van der Waals surface area contributed by atoms with Crippen LogP contribution < -0.4 is 10.5 Å². The third kappa shape index (κ3) is 4.55. The van der Waals surface area contributed by atoms with Crippen molar-refractivity contribution >= 4 is 45.6 Å². The van der Waals surface area contributed by atoms with Crippen molar-refractivity contribution in [1.29, 1.82) is 0 Å². The number of likely N-dealkylation sites (tertiary alicyclic amines) is 1. The molecule has 2 aromatic carbocycles. The second-order valence-corrected chi connectivity index (χ2v) is 10.8. The number of hydrogen-bond acceptors (Lipinski definition) is 8. The van der Waals surface area contributed by atoms with Gasteiger partial charge in [0.05, 0.1) is 34.3 Å². The van der Waals surface area contributed by atoms with E-state index in [1.54, 1.807) is 27.9 Å². The second kappa shape index (κ2) is 10.5. The maximum Gasteiger partial charge on any atom is 0.410 e. The van der Waals surface area contributed by atoms with E-state index in [0.29, 0.717) is 46.9 Å². The van der Waals surface area contributed by atoms with Gasteiger partial charge in [0.1, 0.15) is 24.3 Å². The molecule has 0 spiro atoms. The molecular formula is C29H27ClN8O3. The van der Waals surface area contributed by atoms with Crippen molar-refractivity contribution in [3.05, 3.63) is 87.9 Å². The predicted molar refractivity (Wildman–Crippen MR) is 154 cm³/mol. The van der Waals surface area contributed by atoms with Crippen LogP contribution in [0.25, 0.3) is 22.1 Å². The van der Waals surface area contributed by atoms with Gasteiger partial charge in [-0.05, 0) is 37.0 Å². The highest BCUT2D eigenvalue weighted by Crippen LogP contribution is 2.38. The number of fused-ring (bicyclic) bond motifs is 2. The summed E-state index contributed by atoms with van der Waals surface area (Å²) in [6, 6.07) is 14.4. The van der Waals surface area contributed by atoms with Crippen molar-refractivity contribution in [2.75, 3.05) is 24.5 Å².